The second-order valence-electron chi connectivity index (χ2n) is 8.52. The van der Waals surface area contributed by atoms with Crippen LogP contribution in [0, 0.1) is 13.8 Å². The highest BCUT2D eigenvalue weighted by atomic mass is 32.2. The van der Waals surface area contributed by atoms with E-state index in [1.807, 2.05) is 80.6 Å². The third-order valence-electron chi connectivity index (χ3n) is 5.82. The van der Waals surface area contributed by atoms with Crippen molar-refractivity contribution in [3.63, 3.8) is 0 Å². The number of nitrogens with one attached hydrogen (secondary N) is 1. The van der Waals surface area contributed by atoms with E-state index in [0.29, 0.717) is 23.2 Å². The zero-order valence-corrected chi connectivity index (χ0v) is 20.3. The van der Waals surface area contributed by atoms with E-state index in [0.717, 1.165) is 28.1 Å². The number of carbonyl (C=O) groups is 2. The summed E-state index contributed by atoms with van der Waals surface area (Å²) in [5.74, 6) is 1.01. The van der Waals surface area contributed by atoms with E-state index in [1.54, 1.807) is 4.90 Å². The minimum Gasteiger partial charge on any atom is -0.454 e. The maximum Gasteiger partial charge on any atom is 0.242 e. The monoisotopic (exact) mass is 487 g/mol. The van der Waals surface area contributed by atoms with Gasteiger partial charge in [0, 0.05) is 12.1 Å². The Hall–Kier alpha value is -3.78. The van der Waals surface area contributed by atoms with Crippen LogP contribution in [0.15, 0.2) is 71.7 Å². The first kappa shape index (κ1) is 23.0. The average Bonchev–Trinajstić information content (AvgIpc) is 3.42. The Kier molecular flexibility index (Phi) is 6.46. The quantitative estimate of drug-likeness (QED) is 0.517. The number of amides is 2. The molecule has 1 unspecified atom stereocenters. The van der Waals surface area contributed by atoms with Gasteiger partial charge in [0.05, 0.1) is 12.2 Å². The predicted octanol–water partition coefficient (Wildman–Crippen LogP) is 5.19. The normalized spacial score (nSPS) is 17.8. The van der Waals surface area contributed by atoms with Crippen LogP contribution in [0.5, 0.6) is 11.5 Å². The van der Waals surface area contributed by atoms with E-state index >= 15 is 0 Å². The highest BCUT2D eigenvalue weighted by molar-refractivity contribution is 8.15. The maximum absolute atomic E-state index is 13.4. The molecule has 3 aromatic rings. The molecule has 0 radical (unpaired) electrons. The molecule has 0 aromatic heterocycles. The Morgan fingerprint density at radius 1 is 1.06 bits per heavy atom. The molecule has 0 saturated carbocycles. The summed E-state index contributed by atoms with van der Waals surface area (Å²) in [6.45, 7) is 4.44. The largest absolute Gasteiger partial charge is 0.454 e. The average molecular weight is 488 g/mol. The lowest BCUT2D eigenvalue weighted by Crippen LogP contribution is -2.33. The van der Waals surface area contributed by atoms with Gasteiger partial charge in [-0.2, -0.15) is 0 Å². The Labute approximate surface area is 208 Å². The fraction of sp³-hybridized carbons (Fsp3) is 0.222. The van der Waals surface area contributed by atoms with Gasteiger partial charge in [0.25, 0.3) is 0 Å². The number of nitrogens with zero attached hydrogens (tertiary/aromatic N) is 2. The molecule has 2 aliphatic heterocycles. The maximum atomic E-state index is 13.4. The zero-order valence-electron chi connectivity index (χ0n) is 19.5. The molecule has 35 heavy (non-hydrogen) atoms. The summed E-state index contributed by atoms with van der Waals surface area (Å²) >= 11 is 1.32. The van der Waals surface area contributed by atoms with Gasteiger partial charge in [0.1, 0.15) is 5.25 Å². The minimum absolute atomic E-state index is 0.0579. The molecule has 2 amide bonds. The fourth-order valence-corrected chi connectivity index (χ4v) is 5.10. The van der Waals surface area contributed by atoms with Crippen molar-refractivity contribution < 1.29 is 19.1 Å². The van der Waals surface area contributed by atoms with Crippen LogP contribution in [-0.4, -0.2) is 33.9 Å². The highest BCUT2D eigenvalue weighted by Gasteiger charge is 2.39. The van der Waals surface area contributed by atoms with Gasteiger partial charge >= 0.3 is 0 Å². The Balaban J connectivity index is 1.36. The molecule has 1 fully saturated rings. The van der Waals surface area contributed by atoms with E-state index in [9.17, 15) is 9.59 Å². The minimum atomic E-state index is -0.559. The van der Waals surface area contributed by atoms with Crippen molar-refractivity contribution in [3.8, 4) is 11.5 Å². The molecule has 2 aliphatic rings. The number of fused-ring (bicyclic) bond motifs is 1. The number of aliphatic imine (C=N–C) groups is 1. The molecule has 2 heterocycles. The van der Waals surface area contributed by atoms with Crippen LogP contribution in [0.1, 0.15) is 23.1 Å². The molecule has 0 spiro atoms. The van der Waals surface area contributed by atoms with Crippen molar-refractivity contribution in [2.24, 2.45) is 4.99 Å². The van der Waals surface area contributed by atoms with Crippen LogP contribution in [-0.2, 0) is 16.1 Å². The van der Waals surface area contributed by atoms with Gasteiger partial charge in [-0.05, 0) is 60.9 Å². The summed E-state index contributed by atoms with van der Waals surface area (Å²) in [6, 6.07) is 21.0. The molecule has 0 aliphatic carbocycles. The summed E-state index contributed by atoms with van der Waals surface area (Å²) in [5, 5.41) is 2.98. The molecule has 1 atom stereocenters. The van der Waals surface area contributed by atoms with Crippen molar-refractivity contribution in [1.29, 1.82) is 0 Å². The lowest BCUT2D eigenvalue weighted by atomic mass is 10.1. The van der Waals surface area contributed by atoms with Gasteiger partial charge in [0.15, 0.2) is 16.7 Å². The zero-order chi connectivity index (χ0) is 24.4. The van der Waals surface area contributed by atoms with E-state index in [4.69, 9.17) is 14.5 Å². The van der Waals surface area contributed by atoms with Crippen LogP contribution in [0.4, 0.5) is 11.4 Å². The molecule has 3 aromatic carbocycles. The van der Waals surface area contributed by atoms with Gasteiger partial charge < -0.3 is 14.8 Å². The number of ether oxygens (including phenoxy) is 2. The number of thioether (sulfide) groups is 1. The summed E-state index contributed by atoms with van der Waals surface area (Å²) in [4.78, 5) is 32.7. The van der Waals surface area contributed by atoms with E-state index in [-0.39, 0.29) is 25.0 Å². The molecular weight excluding hydrogens is 462 g/mol. The first-order chi connectivity index (χ1) is 17.0. The number of hydrogen-bond acceptors (Lipinski definition) is 6. The number of aryl methyl sites for hydroxylation is 2. The van der Waals surface area contributed by atoms with Crippen molar-refractivity contribution in [1.82, 2.24) is 4.90 Å². The van der Waals surface area contributed by atoms with Crippen LogP contribution >= 0.6 is 11.8 Å². The Morgan fingerprint density at radius 2 is 1.86 bits per heavy atom. The lowest BCUT2D eigenvalue weighted by Gasteiger charge is -2.17. The molecule has 0 bridgehead atoms. The Morgan fingerprint density at radius 3 is 2.69 bits per heavy atom. The van der Waals surface area contributed by atoms with Gasteiger partial charge in [-0.25, -0.2) is 4.99 Å². The summed E-state index contributed by atoms with van der Waals surface area (Å²) in [7, 11) is 0. The molecule has 178 valence electrons. The molecular formula is C27H25N3O4S. The van der Waals surface area contributed by atoms with Crippen molar-refractivity contribution in [2.45, 2.75) is 32.1 Å². The van der Waals surface area contributed by atoms with E-state index in [2.05, 4.69) is 5.32 Å². The predicted molar refractivity (Wildman–Crippen MR) is 137 cm³/mol. The molecule has 1 saturated heterocycles. The number of hydrogen-bond donors (Lipinski definition) is 1. The topological polar surface area (TPSA) is 80.2 Å². The van der Waals surface area contributed by atoms with Crippen LogP contribution in [0.3, 0.4) is 0 Å². The van der Waals surface area contributed by atoms with E-state index < -0.39 is 5.25 Å². The fourth-order valence-electron chi connectivity index (χ4n) is 3.95. The summed E-state index contributed by atoms with van der Waals surface area (Å²) in [5.41, 5.74) is 4.44. The number of rotatable bonds is 6. The molecule has 5 rings (SSSR count). The third kappa shape index (κ3) is 5.17. The highest BCUT2D eigenvalue weighted by Crippen LogP contribution is 2.36. The lowest BCUT2D eigenvalue weighted by molar-refractivity contribution is -0.128. The van der Waals surface area contributed by atoms with Crippen LogP contribution in [0.25, 0.3) is 0 Å². The second-order valence-corrected chi connectivity index (χ2v) is 9.69. The molecule has 8 heteroatoms. The van der Waals surface area contributed by atoms with Crippen LogP contribution < -0.4 is 14.8 Å². The van der Waals surface area contributed by atoms with Crippen molar-refractivity contribution in [2.75, 3.05) is 12.1 Å². The number of carbonyl (C=O) groups excluding carboxylic acids is 2. The van der Waals surface area contributed by atoms with Gasteiger partial charge in [-0.15, -0.1) is 0 Å². The number of amidine groups is 1. The molecule has 7 nitrogen and oxygen atoms in total. The van der Waals surface area contributed by atoms with Crippen LogP contribution in [0.2, 0.25) is 0 Å². The number of benzene rings is 3. The van der Waals surface area contributed by atoms with E-state index in [1.165, 1.54) is 11.8 Å². The third-order valence-corrected chi connectivity index (χ3v) is 6.99. The van der Waals surface area contributed by atoms with Gasteiger partial charge in [0.2, 0.25) is 18.6 Å². The Bertz CT molecular complexity index is 1310. The number of anilines is 1. The van der Waals surface area contributed by atoms with Crippen molar-refractivity contribution in [3.05, 3.63) is 83.4 Å². The van der Waals surface area contributed by atoms with Gasteiger partial charge in [-0.1, -0.05) is 48.2 Å². The van der Waals surface area contributed by atoms with Gasteiger partial charge in [-0.3, -0.25) is 14.5 Å². The first-order valence-corrected chi connectivity index (χ1v) is 12.2. The standard InChI is InChI=1S/C27H25N3O4S/c1-17-8-9-18(2)21(12-17)29-25(31)14-24-26(32)30(27(35-24)28-20-6-4-3-5-7-20)15-19-10-11-22-23(13-19)34-16-33-22/h3-13,24H,14-16H2,1-2H3,(H,29,31). The first-order valence-electron chi connectivity index (χ1n) is 11.3. The second kappa shape index (κ2) is 9.84. The smallest absolute Gasteiger partial charge is 0.242 e. The SMILES string of the molecule is Cc1ccc(C)c(NC(=O)CC2SC(=Nc3ccccc3)N(Cc3ccc4c(c3)OCO4)C2=O)c1. The van der Waals surface area contributed by atoms with Crippen molar-refractivity contribution >= 4 is 40.1 Å². The summed E-state index contributed by atoms with van der Waals surface area (Å²) < 4.78 is 10.9. The number of para-hydroxylation sites is 1. The molecule has 1 N–H and O–H groups in total. The summed E-state index contributed by atoms with van der Waals surface area (Å²) in [6.07, 6.45) is 0.0579.